The Morgan fingerprint density at radius 2 is 2.03 bits per heavy atom. The van der Waals surface area contributed by atoms with E-state index < -0.39 is 6.04 Å². The zero-order chi connectivity index (χ0) is 23.7. The van der Waals surface area contributed by atoms with Crippen LogP contribution in [0.2, 0.25) is 0 Å². The number of rotatable bonds is 6. The molecule has 0 spiro atoms. The lowest BCUT2D eigenvalue weighted by Gasteiger charge is -2.32. The summed E-state index contributed by atoms with van der Waals surface area (Å²) in [6, 6.07) is 11.6. The minimum Gasteiger partial charge on any atom is -0.489 e. The second-order valence-electron chi connectivity index (χ2n) is 9.60. The Kier molecular flexibility index (Phi) is 6.37. The van der Waals surface area contributed by atoms with Crippen molar-refractivity contribution >= 4 is 11.8 Å². The highest BCUT2D eigenvalue weighted by molar-refractivity contribution is 6.01. The van der Waals surface area contributed by atoms with E-state index in [2.05, 4.69) is 22.2 Å². The van der Waals surface area contributed by atoms with Crippen LogP contribution in [0.1, 0.15) is 65.8 Å². The lowest BCUT2D eigenvalue weighted by atomic mass is 9.92. The zero-order valence-corrected chi connectivity index (χ0v) is 19.7. The summed E-state index contributed by atoms with van der Waals surface area (Å²) in [5.41, 5.74) is 4.36. The summed E-state index contributed by atoms with van der Waals surface area (Å²) in [6.45, 7) is 6.99. The molecule has 0 bridgehead atoms. The molecule has 178 valence electrons. The van der Waals surface area contributed by atoms with Crippen molar-refractivity contribution in [3.63, 3.8) is 0 Å². The summed E-state index contributed by atoms with van der Waals surface area (Å²) in [7, 11) is 0. The van der Waals surface area contributed by atoms with Crippen LogP contribution in [-0.4, -0.2) is 39.9 Å². The molecule has 1 aromatic heterocycles. The Morgan fingerprint density at radius 1 is 1.18 bits per heavy atom. The van der Waals surface area contributed by atoms with Gasteiger partial charge in [0.25, 0.3) is 5.91 Å². The fourth-order valence-electron chi connectivity index (χ4n) is 5.28. The van der Waals surface area contributed by atoms with Gasteiger partial charge < -0.3 is 20.3 Å². The van der Waals surface area contributed by atoms with Crippen molar-refractivity contribution in [3.05, 3.63) is 71.2 Å². The van der Waals surface area contributed by atoms with Crippen molar-refractivity contribution in [2.24, 2.45) is 0 Å². The molecule has 34 heavy (non-hydrogen) atoms. The average Bonchev–Trinajstić information content (AvgIpc) is 3.14. The lowest BCUT2D eigenvalue weighted by molar-refractivity contribution is -0.126. The molecular formula is C27H32N4O3. The number of allylic oxidation sites excluding steroid dienone is 1. The molecule has 2 aromatic rings. The molecule has 1 saturated carbocycles. The minimum absolute atomic E-state index is 0.0694. The fraction of sp³-hybridized carbons (Fsp3) is 0.444. The normalized spacial score (nSPS) is 24.7. The highest BCUT2D eigenvalue weighted by Gasteiger charge is 2.38. The van der Waals surface area contributed by atoms with Gasteiger partial charge in [-0.15, -0.1) is 0 Å². The molecule has 2 N–H and O–H groups in total. The Labute approximate surface area is 200 Å². The molecule has 2 amide bonds. The molecule has 3 atom stereocenters. The summed E-state index contributed by atoms with van der Waals surface area (Å²) in [5.74, 6) is 0.549. The molecule has 2 aliphatic heterocycles. The molecule has 1 saturated heterocycles. The van der Waals surface area contributed by atoms with Crippen LogP contribution in [0.15, 0.2) is 48.7 Å². The lowest BCUT2D eigenvalue weighted by Crippen LogP contribution is -2.49. The van der Waals surface area contributed by atoms with Gasteiger partial charge >= 0.3 is 0 Å². The number of carbonyl (C=O) groups excluding carboxylic acids is 2. The van der Waals surface area contributed by atoms with Crippen molar-refractivity contribution in [2.45, 2.75) is 76.7 Å². The van der Waals surface area contributed by atoms with E-state index in [4.69, 9.17) is 4.74 Å². The van der Waals surface area contributed by atoms with Crippen LogP contribution in [0.25, 0.3) is 0 Å². The maximum absolute atomic E-state index is 13.0. The number of ether oxygens (including phenoxy) is 1. The molecule has 3 aliphatic rings. The molecule has 3 heterocycles. The maximum Gasteiger partial charge on any atom is 0.255 e. The maximum atomic E-state index is 13.0. The number of fused-ring (bicyclic) bond motifs is 1. The van der Waals surface area contributed by atoms with Gasteiger partial charge in [0.1, 0.15) is 17.9 Å². The number of nitrogens with zero attached hydrogens (tertiary/aromatic N) is 2. The topological polar surface area (TPSA) is 83.6 Å². The molecule has 1 unspecified atom stereocenters. The van der Waals surface area contributed by atoms with E-state index in [1.165, 1.54) is 6.42 Å². The second kappa shape index (κ2) is 9.58. The van der Waals surface area contributed by atoms with E-state index in [1.54, 1.807) is 4.90 Å². The number of pyridine rings is 1. The summed E-state index contributed by atoms with van der Waals surface area (Å²) in [4.78, 5) is 31.7. The van der Waals surface area contributed by atoms with E-state index in [9.17, 15) is 9.59 Å². The van der Waals surface area contributed by atoms with Crippen LogP contribution in [0.3, 0.4) is 0 Å². The number of hydrogen-bond donors (Lipinski definition) is 2. The first-order valence-electron chi connectivity index (χ1n) is 12.2. The van der Waals surface area contributed by atoms with Crippen LogP contribution in [0.5, 0.6) is 5.75 Å². The van der Waals surface area contributed by atoms with Gasteiger partial charge in [0.15, 0.2) is 0 Å². The zero-order valence-electron chi connectivity index (χ0n) is 19.7. The van der Waals surface area contributed by atoms with Crippen molar-refractivity contribution < 1.29 is 14.3 Å². The highest BCUT2D eigenvalue weighted by atomic mass is 16.5. The Hall–Kier alpha value is -3.19. The van der Waals surface area contributed by atoms with Crippen LogP contribution in [0, 0.1) is 6.92 Å². The first kappa shape index (κ1) is 22.6. The van der Waals surface area contributed by atoms with E-state index >= 15 is 0 Å². The highest BCUT2D eigenvalue weighted by Crippen LogP contribution is 2.32. The summed E-state index contributed by atoms with van der Waals surface area (Å²) >= 11 is 0. The van der Waals surface area contributed by atoms with Crippen LogP contribution in [0.4, 0.5) is 0 Å². The van der Waals surface area contributed by atoms with Crippen molar-refractivity contribution in [2.75, 3.05) is 0 Å². The van der Waals surface area contributed by atoms with Gasteiger partial charge in [-0.3, -0.25) is 14.6 Å². The molecule has 0 radical (unpaired) electrons. The van der Waals surface area contributed by atoms with Gasteiger partial charge in [0, 0.05) is 36.1 Å². The second-order valence-corrected chi connectivity index (χ2v) is 9.60. The molecular weight excluding hydrogens is 428 g/mol. The van der Waals surface area contributed by atoms with Gasteiger partial charge in [0.2, 0.25) is 5.91 Å². The quantitative estimate of drug-likeness (QED) is 0.688. The van der Waals surface area contributed by atoms with Gasteiger partial charge in [-0.1, -0.05) is 19.1 Å². The van der Waals surface area contributed by atoms with Gasteiger partial charge in [-0.2, -0.15) is 0 Å². The number of carbonyl (C=O) groups is 2. The smallest absolute Gasteiger partial charge is 0.255 e. The predicted octanol–water partition coefficient (Wildman–Crippen LogP) is 3.62. The third-order valence-electron chi connectivity index (χ3n) is 7.09. The Bertz CT molecular complexity index is 1110. The number of aryl methyl sites for hydroxylation is 1. The molecule has 1 aromatic carbocycles. The fourth-order valence-corrected chi connectivity index (χ4v) is 5.28. The number of amides is 2. The standard InChI is InChI=1S/C27H32N4O3/c1-17-6-5-7-20(29-17)15-28-23-8-3-4-9-25(23)34-21-11-12-22-19(14-21)16-31(27(22)33)24-13-10-18(2)30-26(24)32/h5-7,11-12,14,23-25,28H,2-4,8-10,13,15-16H2,1H3,(H,30,32)/t23-,24?,25+/m1/s1. The number of piperidine rings is 1. The Balaban J connectivity index is 1.25. The van der Waals surface area contributed by atoms with Crippen LogP contribution >= 0.6 is 0 Å². The third kappa shape index (κ3) is 4.71. The molecule has 1 aliphatic carbocycles. The molecule has 5 rings (SSSR count). The van der Waals surface area contributed by atoms with Crippen molar-refractivity contribution in [3.8, 4) is 5.75 Å². The number of aromatic nitrogens is 1. The molecule has 7 heteroatoms. The van der Waals surface area contributed by atoms with Crippen LogP contribution < -0.4 is 15.4 Å². The Morgan fingerprint density at radius 3 is 2.85 bits per heavy atom. The number of benzene rings is 1. The van der Waals surface area contributed by atoms with E-state index in [0.29, 0.717) is 24.9 Å². The summed E-state index contributed by atoms with van der Waals surface area (Å²) in [6.07, 6.45) is 5.76. The van der Waals surface area contributed by atoms with Crippen molar-refractivity contribution in [1.82, 2.24) is 20.5 Å². The SMILES string of the molecule is C=C1CCC(N2Cc3cc(O[C@H]4CCCC[C@H]4NCc4cccc(C)n4)ccc3C2=O)C(=O)N1. The van der Waals surface area contributed by atoms with Gasteiger partial charge in [-0.05, 0) is 74.9 Å². The molecule has 2 fully saturated rings. The van der Waals surface area contributed by atoms with Gasteiger partial charge in [-0.25, -0.2) is 0 Å². The first-order chi connectivity index (χ1) is 16.5. The molecule has 7 nitrogen and oxygen atoms in total. The minimum atomic E-state index is -0.447. The monoisotopic (exact) mass is 460 g/mol. The van der Waals surface area contributed by atoms with Crippen molar-refractivity contribution in [1.29, 1.82) is 0 Å². The van der Waals surface area contributed by atoms with E-state index in [1.807, 2.05) is 43.3 Å². The van der Waals surface area contributed by atoms with E-state index in [0.717, 1.165) is 54.2 Å². The van der Waals surface area contributed by atoms with E-state index in [-0.39, 0.29) is 24.0 Å². The summed E-state index contributed by atoms with van der Waals surface area (Å²) in [5, 5.41) is 6.44. The largest absolute Gasteiger partial charge is 0.489 e. The van der Waals surface area contributed by atoms with Crippen LogP contribution in [-0.2, 0) is 17.9 Å². The number of hydrogen-bond acceptors (Lipinski definition) is 5. The first-order valence-corrected chi connectivity index (χ1v) is 12.2. The number of nitrogens with one attached hydrogen (secondary N) is 2. The average molecular weight is 461 g/mol. The predicted molar refractivity (Wildman–Crippen MR) is 129 cm³/mol. The third-order valence-corrected chi connectivity index (χ3v) is 7.09. The summed E-state index contributed by atoms with van der Waals surface area (Å²) < 4.78 is 6.45. The van der Waals surface area contributed by atoms with Gasteiger partial charge in [0.05, 0.1) is 5.69 Å².